The smallest absolute Gasteiger partial charge is 0.295 e. The molecule has 0 saturated heterocycles. The van der Waals surface area contributed by atoms with Crippen LogP contribution in [0.1, 0.15) is 0 Å². The number of rotatable bonds is 0. The quantitative estimate of drug-likeness (QED) is 0.654. The molecule has 1 aliphatic heterocycles. The van der Waals surface area contributed by atoms with Crippen LogP contribution in [0.15, 0.2) is 23.4 Å². The average Bonchev–Trinajstić information content (AvgIpc) is 2.14. The van der Waals surface area contributed by atoms with Gasteiger partial charge in [-0.2, -0.15) is 0 Å². The summed E-state index contributed by atoms with van der Waals surface area (Å²) >= 11 is 0. The van der Waals surface area contributed by atoms with Crippen LogP contribution >= 0.6 is 0 Å². The Hall–Kier alpha value is -1.63. The van der Waals surface area contributed by atoms with Crippen LogP contribution in [0.5, 0.6) is 0 Å². The van der Waals surface area contributed by atoms with Gasteiger partial charge in [-0.3, -0.25) is 9.88 Å². The van der Waals surface area contributed by atoms with E-state index < -0.39 is 16.1 Å². The van der Waals surface area contributed by atoms with Gasteiger partial charge in [-0.1, -0.05) is 0 Å². The molecule has 0 radical (unpaired) electrons. The van der Waals surface area contributed by atoms with Crippen LogP contribution in [0.4, 0.5) is 10.5 Å². The van der Waals surface area contributed by atoms with E-state index in [1.165, 1.54) is 30.4 Å². The lowest BCUT2D eigenvalue weighted by molar-refractivity contribution is 0.251. The van der Waals surface area contributed by atoms with E-state index in [1.807, 2.05) is 4.72 Å². The highest BCUT2D eigenvalue weighted by Gasteiger charge is 2.31. The Morgan fingerprint density at radius 1 is 1.50 bits per heavy atom. The third-order valence-corrected chi connectivity index (χ3v) is 3.28. The number of fused-ring (bicyclic) bond motifs is 1. The first-order valence-corrected chi connectivity index (χ1v) is 5.25. The fourth-order valence-corrected chi connectivity index (χ4v) is 2.36. The molecule has 74 valence electrons. The van der Waals surface area contributed by atoms with Gasteiger partial charge in [0, 0.05) is 19.4 Å². The number of urea groups is 1. The Kier molecular flexibility index (Phi) is 1.71. The summed E-state index contributed by atoms with van der Waals surface area (Å²) in [7, 11) is -2.24. The number of carbonyl (C=O) groups is 1. The Bertz CT molecular complexity index is 497. The highest BCUT2D eigenvalue weighted by Crippen LogP contribution is 2.26. The number of carbonyl (C=O) groups excluding carboxylic acids is 1. The molecule has 0 atom stereocenters. The van der Waals surface area contributed by atoms with Gasteiger partial charge in [0.25, 0.3) is 10.0 Å². The minimum atomic E-state index is -3.73. The maximum atomic E-state index is 11.4. The van der Waals surface area contributed by atoms with Crippen molar-refractivity contribution in [2.75, 3.05) is 11.9 Å². The second kappa shape index (κ2) is 2.68. The number of nitrogens with one attached hydrogen (secondary N) is 1. The van der Waals surface area contributed by atoms with Gasteiger partial charge in [0.1, 0.15) is 4.90 Å². The molecule has 6 nitrogen and oxygen atoms in total. The Morgan fingerprint density at radius 2 is 2.21 bits per heavy atom. The van der Waals surface area contributed by atoms with E-state index in [0.717, 1.165) is 0 Å². The summed E-state index contributed by atoms with van der Waals surface area (Å²) in [6.45, 7) is 0. The van der Waals surface area contributed by atoms with Gasteiger partial charge in [-0.15, -0.1) is 0 Å². The van der Waals surface area contributed by atoms with Crippen molar-refractivity contribution >= 4 is 21.7 Å². The van der Waals surface area contributed by atoms with Gasteiger partial charge < -0.3 is 0 Å². The highest BCUT2D eigenvalue weighted by molar-refractivity contribution is 7.90. The molecule has 1 N–H and O–H groups in total. The molecule has 0 fully saturated rings. The van der Waals surface area contributed by atoms with Gasteiger partial charge >= 0.3 is 6.03 Å². The number of aromatic nitrogens is 1. The Morgan fingerprint density at radius 3 is 2.93 bits per heavy atom. The Balaban J connectivity index is 2.74. The summed E-state index contributed by atoms with van der Waals surface area (Å²) in [5, 5.41) is 0. The molecular weight excluding hydrogens is 206 g/mol. The summed E-state index contributed by atoms with van der Waals surface area (Å²) in [6.07, 6.45) is 2.64. The van der Waals surface area contributed by atoms with Crippen molar-refractivity contribution in [2.45, 2.75) is 4.90 Å². The van der Waals surface area contributed by atoms with E-state index >= 15 is 0 Å². The molecule has 1 aromatic rings. The molecule has 1 aromatic heterocycles. The SMILES string of the molecule is CN1C(=O)NS(=O)(=O)c2cnccc21. The van der Waals surface area contributed by atoms with Crippen molar-refractivity contribution in [1.29, 1.82) is 0 Å². The van der Waals surface area contributed by atoms with Crippen LogP contribution < -0.4 is 9.62 Å². The number of nitrogens with zero attached hydrogens (tertiary/aromatic N) is 2. The maximum Gasteiger partial charge on any atom is 0.335 e. The molecular formula is C7H7N3O3S. The molecule has 2 heterocycles. The van der Waals surface area contributed by atoms with Crippen LogP contribution in [-0.4, -0.2) is 26.5 Å². The van der Waals surface area contributed by atoms with Gasteiger partial charge in [0.05, 0.1) is 5.69 Å². The van der Waals surface area contributed by atoms with Gasteiger partial charge in [0.2, 0.25) is 0 Å². The van der Waals surface area contributed by atoms with Crippen LogP contribution in [-0.2, 0) is 10.0 Å². The second-order valence-corrected chi connectivity index (χ2v) is 4.46. The Labute approximate surface area is 80.6 Å². The summed E-state index contributed by atoms with van der Waals surface area (Å²) in [6, 6.07) is 0.815. The predicted octanol–water partition coefficient (Wildman–Crippen LogP) is -0.0703. The second-order valence-electron chi connectivity index (χ2n) is 2.81. The molecule has 2 rings (SSSR count). The molecule has 0 aliphatic carbocycles. The fourth-order valence-electron chi connectivity index (χ4n) is 1.20. The van der Waals surface area contributed by atoms with Crippen LogP contribution in [0.3, 0.4) is 0 Å². The number of hydrogen-bond donors (Lipinski definition) is 1. The summed E-state index contributed by atoms with van der Waals surface area (Å²) in [4.78, 5) is 16.1. The van der Waals surface area contributed by atoms with Crippen LogP contribution in [0.25, 0.3) is 0 Å². The summed E-state index contributed by atoms with van der Waals surface area (Å²) < 4.78 is 24.7. The van der Waals surface area contributed by atoms with Crippen LogP contribution in [0, 0.1) is 0 Å². The molecule has 0 spiro atoms. The van der Waals surface area contributed by atoms with Crippen molar-refractivity contribution in [3.63, 3.8) is 0 Å². The van der Waals surface area contributed by atoms with E-state index in [0.29, 0.717) is 5.69 Å². The van der Waals surface area contributed by atoms with Gasteiger partial charge in [0.15, 0.2) is 0 Å². The van der Waals surface area contributed by atoms with Crippen molar-refractivity contribution in [2.24, 2.45) is 0 Å². The zero-order chi connectivity index (χ0) is 10.3. The van der Waals surface area contributed by atoms with E-state index in [4.69, 9.17) is 0 Å². The van der Waals surface area contributed by atoms with E-state index in [9.17, 15) is 13.2 Å². The van der Waals surface area contributed by atoms with E-state index in [-0.39, 0.29) is 4.90 Å². The first kappa shape index (κ1) is 8.95. The third kappa shape index (κ3) is 1.13. The molecule has 0 bridgehead atoms. The van der Waals surface area contributed by atoms with Crippen molar-refractivity contribution < 1.29 is 13.2 Å². The molecule has 0 saturated carbocycles. The number of pyridine rings is 1. The number of amides is 2. The number of anilines is 1. The lowest BCUT2D eigenvalue weighted by Gasteiger charge is -2.25. The number of hydrogen-bond acceptors (Lipinski definition) is 4. The lowest BCUT2D eigenvalue weighted by Crippen LogP contribution is -2.45. The normalized spacial score (nSPS) is 18.6. The number of sulfonamides is 1. The maximum absolute atomic E-state index is 11.4. The minimum Gasteiger partial charge on any atom is -0.295 e. The average molecular weight is 213 g/mol. The standard InChI is InChI=1S/C7H7N3O3S/c1-10-5-2-3-8-4-6(5)14(12,13)9-7(10)11/h2-4H,1H3,(H,9,11). The summed E-state index contributed by atoms with van der Waals surface area (Å²) in [5.74, 6) is 0. The predicted molar refractivity (Wildman–Crippen MR) is 48.4 cm³/mol. The van der Waals surface area contributed by atoms with Crippen molar-refractivity contribution in [3.05, 3.63) is 18.5 Å². The molecule has 1 aliphatic rings. The van der Waals surface area contributed by atoms with Gasteiger partial charge in [-0.05, 0) is 6.07 Å². The zero-order valence-electron chi connectivity index (χ0n) is 7.26. The largest absolute Gasteiger partial charge is 0.335 e. The third-order valence-electron chi connectivity index (χ3n) is 1.94. The molecule has 0 unspecified atom stereocenters. The van der Waals surface area contributed by atoms with E-state index in [2.05, 4.69) is 4.98 Å². The van der Waals surface area contributed by atoms with Crippen molar-refractivity contribution in [3.8, 4) is 0 Å². The summed E-state index contributed by atoms with van der Waals surface area (Å²) in [5.41, 5.74) is 0.337. The minimum absolute atomic E-state index is 0.0158. The monoisotopic (exact) mass is 213 g/mol. The zero-order valence-corrected chi connectivity index (χ0v) is 8.08. The molecule has 14 heavy (non-hydrogen) atoms. The van der Waals surface area contributed by atoms with E-state index in [1.54, 1.807) is 0 Å². The van der Waals surface area contributed by atoms with Crippen LogP contribution in [0.2, 0.25) is 0 Å². The molecule has 0 aromatic carbocycles. The fraction of sp³-hybridized carbons (Fsp3) is 0.143. The van der Waals surface area contributed by atoms with Crippen molar-refractivity contribution in [1.82, 2.24) is 9.71 Å². The topological polar surface area (TPSA) is 79.4 Å². The first-order chi connectivity index (χ1) is 6.52. The molecule has 2 amide bonds. The highest BCUT2D eigenvalue weighted by atomic mass is 32.2. The van der Waals surface area contributed by atoms with Gasteiger partial charge in [-0.25, -0.2) is 17.9 Å². The first-order valence-electron chi connectivity index (χ1n) is 3.77. The molecule has 7 heteroatoms. The lowest BCUT2D eigenvalue weighted by atomic mass is 10.4.